The predicted octanol–water partition coefficient (Wildman–Crippen LogP) is 1.71. The Morgan fingerprint density at radius 1 is 1.29 bits per heavy atom. The van der Waals surface area contributed by atoms with Crippen LogP contribution in [0.25, 0.3) is 11.0 Å². The predicted molar refractivity (Wildman–Crippen MR) is 65.0 cm³/mol. The number of hydrogen-bond acceptors (Lipinski definition) is 3. The smallest absolute Gasteiger partial charge is 0.103 e. The summed E-state index contributed by atoms with van der Waals surface area (Å²) in [4.78, 5) is 10.7. The molecule has 0 N–H and O–H groups in total. The summed E-state index contributed by atoms with van der Waals surface area (Å²) in [5.41, 5.74) is 3.95. The van der Waals surface area contributed by atoms with Gasteiger partial charge in [0.05, 0.1) is 0 Å². The van der Waals surface area contributed by atoms with E-state index in [-0.39, 0.29) is 0 Å². The first-order valence-electron chi connectivity index (χ1n) is 5.91. The Morgan fingerprint density at radius 2 is 2.12 bits per heavy atom. The van der Waals surface area contributed by atoms with Gasteiger partial charge in [-0.2, -0.15) is 0 Å². The van der Waals surface area contributed by atoms with Gasteiger partial charge in [0.15, 0.2) is 0 Å². The van der Waals surface area contributed by atoms with Gasteiger partial charge in [0.2, 0.25) is 0 Å². The Labute approximate surface area is 100 Å². The summed E-state index contributed by atoms with van der Waals surface area (Å²) in [5.74, 6) is 0. The van der Waals surface area contributed by atoms with Crippen LogP contribution in [0.2, 0.25) is 0 Å². The van der Waals surface area contributed by atoms with Crippen LogP contribution in [-0.4, -0.2) is 26.0 Å². The van der Waals surface area contributed by atoms with Crippen molar-refractivity contribution in [1.82, 2.24) is 19.4 Å². The second kappa shape index (κ2) is 2.82. The molecule has 2 aliphatic rings. The molecule has 4 rings (SSSR count). The fourth-order valence-electron chi connectivity index (χ4n) is 3.22. The SMILES string of the molecule is [CH2-]N1Cc2c(c3cncnc3n2[CH2-])C2(CC2)C1. The molecule has 1 aliphatic carbocycles. The topological polar surface area (TPSA) is 34.0 Å². The zero-order valence-electron chi connectivity index (χ0n) is 9.69. The molecule has 88 valence electrons. The lowest BCUT2D eigenvalue weighted by Gasteiger charge is -2.40. The molecule has 17 heavy (non-hydrogen) atoms. The lowest BCUT2D eigenvalue weighted by atomic mass is 9.90. The van der Waals surface area contributed by atoms with Gasteiger partial charge in [-0.15, -0.1) is 7.05 Å². The average molecular weight is 226 g/mol. The molecule has 1 fully saturated rings. The minimum absolute atomic E-state index is 0.307. The molecule has 0 radical (unpaired) electrons. The molecule has 2 aromatic rings. The van der Waals surface area contributed by atoms with Gasteiger partial charge in [-0.25, -0.2) is 4.98 Å². The van der Waals surface area contributed by atoms with Gasteiger partial charge in [-0.05, 0) is 36.7 Å². The van der Waals surface area contributed by atoms with E-state index in [9.17, 15) is 0 Å². The maximum absolute atomic E-state index is 4.35. The van der Waals surface area contributed by atoms with Gasteiger partial charge in [0.1, 0.15) is 6.33 Å². The van der Waals surface area contributed by atoms with E-state index >= 15 is 0 Å². The van der Waals surface area contributed by atoms with Gasteiger partial charge in [-0.1, -0.05) is 11.3 Å². The van der Waals surface area contributed by atoms with Crippen molar-refractivity contribution in [3.05, 3.63) is 37.9 Å². The number of aromatic nitrogens is 3. The maximum Gasteiger partial charge on any atom is 0.103 e. The number of fused-ring (bicyclic) bond motifs is 4. The fraction of sp³-hybridized carbons (Fsp3) is 0.385. The molecule has 0 aromatic carbocycles. The quantitative estimate of drug-likeness (QED) is 0.641. The van der Waals surface area contributed by atoms with E-state index in [4.69, 9.17) is 0 Å². The zero-order chi connectivity index (χ0) is 11.6. The summed E-state index contributed by atoms with van der Waals surface area (Å²) in [6.07, 6.45) is 6.03. The molecule has 0 amide bonds. The highest BCUT2D eigenvalue weighted by atomic mass is 15.2. The Bertz CT molecular complexity index is 609. The van der Waals surface area contributed by atoms with Crippen molar-refractivity contribution in [2.24, 2.45) is 0 Å². The largest absolute Gasteiger partial charge is 0.468 e. The van der Waals surface area contributed by atoms with Crippen molar-refractivity contribution in [2.75, 3.05) is 6.54 Å². The van der Waals surface area contributed by atoms with E-state index < -0.39 is 0 Å². The molecule has 2 aromatic heterocycles. The van der Waals surface area contributed by atoms with Crippen LogP contribution in [0, 0.1) is 14.1 Å². The molecule has 0 atom stereocenters. The molecular formula is C13H14N4-2. The van der Waals surface area contributed by atoms with Gasteiger partial charge >= 0.3 is 0 Å². The zero-order valence-corrected chi connectivity index (χ0v) is 9.69. The number of nitrogens with zero attached hydrogens (tertiary/aromatic N) is 4. The van der Waals surface area contributed by atoms with Crippen LogP contribution in [0.3, 0.4) is 0 Å². The first kappa shape index (κ1) is 9.48. The van der Waals surface area contributed by atoms with Gasteiger partial charge in [-0.3, -0.25) is 12.0 Å². The summed E-state index contributed by atoms with van der Waals surface area (Å²) >= 11 is 0. The van der Waals surface area contributed by atoms with Crippen molar-refractivity contribution in [2.45, 2.75) is 24.8 Å². The third-order valence-corrected chi connectivity index (χ3v) is 4.11. The second-order valence-corrected chi connectivity index (χ2v) is 5.28. The van der Waals surface area contributed by atoms with Crippen molar-refractivity contribution in [3.63, 3.8) is 0 Å². The standard InChI is InChI=1S/C13H14N4/c1-16-6-10-11(13(7-16)3-4-13)9-5-14-8-15-12(9)17(10)2/h5,8H,1-4,6-7H2/q-2. The van der Waals surface area contributed by atoms with Crippen molar-refractivity contribution >= 4 is 11.0 Å². The molecule has 0 saturated heterocycles. The van der Waals surface area contributed by atoms with Gasteiger partial charge in [0, 0.05) is 11.8 Å². The van der Waals surface area contributed by atoms with Crippen LogP contribution < -0.4 is 0 Å². The summed E-state index contributed by atoms with van der Waals surface area (Å²) < 4.78 is 1.96. The third kappa shape index (κ3) is 1.08. The molecule has 4 heteroatoms. The van der Waals surface area contributed by atoms with E-state index in [0.29, 0.717) is 5.41 Å². The van der Waals surface area contributed by atoms with Crippen LogP contribution in [0.15, 0.2) is 12.5 Å². The van der Waals surface area contributed by atoms with Gasteiger partial charge < -0.3 is 9.47 Å². The van der Waals surface area contributed by atoms with Crippen LogP contribution >= 0.6 is 0 Å². The summed E-state index contributed by atoms with van der Waals surface area (Å²) in [6.45, 7) is 1.91. The minimum Gasteiger partial charge on any atom is -0.468 e. The van der Waals surface area contributed by atoms with Crippen molar-refractivity contribution < 1.29 is 0 Å². The number of rotatable bonds is 0. The van der Waals surface area contributed by atoms with Crippen LogP contribution in [-0.2, 0) is 12.0 Å². The first-order valence-corrected chi connectivity index (χ1v) is 5.91. The lowest BCUT2D eigenvalue weighted by Crippen LogP contribution is -2.34. The molecule has 0 unspecified atom stereocenters. The van der Waals surface area contributed by atoms with Crippen molar-refractivity contribution in [1.29, 1.82) is 0 Å². The Balaban J connectivity index is 2.10. The molecule has 1 aliphatic heterocycles. The minimum atomic E-state index is 0.307. The first-order chi connectivity index (χ1) is 8.21. The normalized spacial score (nSPS) is 21.9. The highest BCUT2D eigenvalue weighted by Gasteiger charge is 2.47. The van der Waals surface area contributed by atoms with Crippen LogP contribution in [0.1, 0.15) is 24.1 Å². The van der Waals surface area contributed by atoms with Crippen LogP contribution in [0.5, 0.6) is 0 Å². The molecule has 3 heterocycles. The maximum atomic E-state index is 4.35. The van der Waals surface area contributed by atoms with E-state index in [1.165, 1.54) is 29.5 Å². The average Bonchev–Trinajstić information content (AvgIpc) is 3.01. The van der Waals surface area contributed by atoms with E-state index in [2.05, 4.69) is 29.0 Å². The lowest BCUT2D eigenvalue weighted by molar-refractivity contribution is 0.295. The molecule has 1 saturated carbocycles. The molecule has 0 bridgehead atoms. The Hall–Kier alpha value is -1.55. The van der Waals surface area contributed by atoms with E-state index in [0.717, 1.165) is 18.7 Å². The number of hydrogen-bond donors (Lipinski definition) is 0. The third-order valence-electron chi connectivity index (χ3n) is 4.11. The highest BCUT2D eigenvalue weighted by molar-refractivity contribution is 5.84. The highest BCUT2D eigenvalue weighted by Crippen LogP contribution is 2.54. The second-order valence-electron chi connectivity index (χ2n) is 5.28. The summed E-state index contributed by atoms with van der Waals surface area (Å²) in [5, 5.41) is 1.18. The summed E-state index contributed by atoms with van der Waals surface area (Å²) in [6, 6.07) is 0. The fourth-order valence-corrected chi connectivity index (χ4v) is 3.22. The van der Waals surface area contributed by atoms with E-state index in [1.807, 2.05) is 10.8 Å². The molecule has 1 spiro atoms. The van der Waals surface area contributed by atoms with E-state index in [1.54, 1.807) is 6.33 Å². The van der Waals surface area contributed by atoms with Crippen molar-refractivity contribution in [3.8, 4) is 0 Å². The summed E-state index contributed by atoms with van der Waals surface area (Å²) in [7, 11) is 8.22. The monoisotopic (exact) mass is 226 g/mol. The Morgan fingerprint density at radius 3 is 2.88 bits per heavy atom. The Kier molecular flexibility index (Phi) is 1.57. The molecule has 4 nitrogen and oxygen atoms in total. The molecular weight excluding hydrogens is 212 g/mol. The van der Waals surface area contributed by atoms with Crippen LogP contribution in [0.4, 0.5) is 0 Å². The van der Waals surface area contributed by atoms with Gasteiger partial charge in [0.25, 0.3) is 0 Å².